The second-order valence-corrected chi connectivity index (χ2v) is 12.9. The number of fused-ring (bicyclic) bond motifs is 5. The Labute approximate surface area is 187 Å². The largest absolute Gasteiger partial charge is 0.393 e. The first-order valence-electron chi connectivity index (χ1n) is 13.6. The lowest BCUT2D eigenvalue weighted by Gasteiger charge is -2.58. The molecular weight excluding hydrogens is 364 g/mol. The molecule has 0 aliphatic heterocycles. The number of rotatable bonds is 6. The molecule has 4 rings (SSSR count). The predicted molar refractivity (Wildman–Crippen MR) is 128 cm³/mol. The zero-order chi connectivity index (χ0) is 21.7. The Bertz CT molecular complexity index is 634. The number of hydrogen-bond donors (Lipinski definition) is 1. The van der Waals surface area contributed by atoms with Crippen LogP contribution in [0.1, 0.15) is 112 Å². The molecule has 4 aliphatic rings. The first kappa shape index (κ1) is 22.9. The summed E-state index contributed by atoms with van der Waals surface area (Å²) in [5.74, 6) is 6.31. The van der Waals surface area contributed by atoms with Gasteiger partial charge in [0.2, 0.25) is 0 Å². The van der Waals surface area contributed by atoms with Gasteiger partial charge in [0.1, 0.15) is 0 Å². The highest BCUT2D eigenvalue weighted by Gasteiger charge is 2.59. The molecule has 0 spiro atoms. The molecule has 30 heavy (non-hydrogen) atoms. The minimum absolute atomic E-state index is 0.0794. The van der Waals surface area contributed by atoms with Crippen LogP contribution in [0.4, 0.5) is 0 Å². The zero-order valence-corrected chi connectivity index (χ0v) is 20.9. The summed E-state index contributed by atoms with van der Waals surface area (Å²) >= 11 is 0. The molecule has 3 fully saturated rings. The normalized spacial score (nSPS) is 45.3. The highest BCUT2D eigenvalue weighted by Crippen LogP contribution is 2.67. The van der Waals surface area contributed by atoms with Crippen LogP contribution >= 0.6 is 0 Å². The molecule has 1 N–H and O–H groups in total. The number of allylic oxidation sites excluding steroid dienone is 1. The monoisotopic (exact) mass is 414 g/mol. The number of hydrogen-bond acceptors (Lipinski definition) is 1. The summed E-state index contributed by atoms with van der Waals surface area (Å²) in [6, 6.07) is 0. The average molecular weight is 415 g/mol. The van der Waals surface area contributed by atoms with E-state index in [4.69, 9.17) is 0 Å². The van der Waals surface area contributed by atoms with Crippen molar-refractivity contribution in [2.75, 3.05) is 0 Å². The van der Waals surface area contributed by atoms with Crippen molar-refractivity contribution in [3.63, 3.8) is 0 Å². The first-order chi connectivity index (χ1) is 14.2. The lowest BCUT2D eigenvalue weighted by Crippen LogP contribution is -2.50. The molecule has 9 atom stereocenters. The van der Waals surface area contributed by atoms with E-state index < -0.39 is 0 Å². The minimum atomic E-state index is -0.0794. The standard InChI is InChI=1S/C29H50O/c1-7-21(19(2)3)9-8-20(4)25-12-13-26-24-11-10-22-18-23(30)14-16-28(22,5)27(24)15-17-29(25,26)6/h10,19-21,23-27,30H,7-9,11-18H2,1-6H3/t20-,21+,23-,24+,25-,26+,27+,28+,29-/m1/s1. The van der Waals surface area contributed by atoms with Crippen molar-refractivity contribution in [1.29, 1.82) is 0 Å². The minimum Gasteiger partial charge on any atom is -0.393 e. The SMILES string of the molecule is CC[C@@H](CC[C@@H](C)[C@H]1CC[C@H]2[C@@H]3CC=C4C[C@H](O)CC[C@]4(C)[C@H]3CC[C@]12C)C(C)C. The highest BCUT2D eigenvalue weighted by atomic mass is 16.3. The van der Waals surface area contributed by atoms with Gasteiger partial charge in [-0.3, -0.25) is 0 Å². The van der Waals surface area contributed by atoms with Crippen LogP contribution in [0.2, 0.25) is 0 Å². The van der Waals surface area contributed by atoms with Gasteiger partial charge in [0.05, 0.1) is 6.10 Å². The molecule has 0 amide bonds. The summed E-state index contributed by atoms with van der Waals surface area (Å²) < 4.78 is 0. The first-order valence-corrected chi connectivity index (χ1v) is 13.6. The molecule has 0 saturated heterocycles. The fourth-order valence-corrected chi connectivity index (χ4v) is 9.30. The summed E-state index contributed by atoms with van der Waals surface area (Å²) in [4.78, 5) is 0. The second-order valence-electron chi connectivity index (χ2n) is 12.9. The highest BCUT2D eigenvalue weighted by molar-refractivity contribution is 5.25. The lowest BCUT2D eigenvalue weighted by molar-refractivity contribution is -0.0575. The maximum atomic E-state index is 10.2. The van der Waals surface area contributed by atoms with E-state index in [1.807, 2.05) is 0 Å². The van der Waals surface area contributed by atoms with E-state index >= 15 is 0 Å². The molecule has 0 aromatic carbocycles. The molecule has 0 heterocycles. The molecular formula is C29H50O. The van der Waals surface area contributed by atoms with E-state index in [0.29, 0.717) is 10.8 Å². The quantitative estimate of drug-likeness (QED) is 0.436. The van der Waals surface area contributed by atoms with Crippen LogP contribution in [0.5, 0.6) is 0 Å². The summed E-state index contributed by atoms with van der Waals surface area (Å²) in [6.07, 6.45) is 17.1. The van der Waals surface area contributed by atoms with Gasteiger partial charge in [0.15, 0.2) is 0 Å². The van der Waals surface area contributed by atoms with Gasteiger partial charge in [0, 0.05) is 0 Å². The molecule has 0 bridgehead atoms. The van der Waals surface area contributed by atoms with E-state index in [1.54, 1.807) is 5.57 Å². The van der Waals surface area contributed by atoms with Crippen LogP contribution in [0.3, 0.4) is 0 Å². The van der Waals surface area contributed by atoms with Gasteiger partial charge in [-0.1, -0.05) is 66.0 Å². The summed E-state index contributed by atoms with van der Waals surface area (Å²) in [5.41, 5.74) is 2.59. The van der Waals surface area contributed by atoms with Crippen LogP contribution in [0.15, 0.2) is 11.6 Å². The molecule has 0 aromatic rings. The average Bonchev–Trinajstić information content (AvgIpc) is 3.06. The number of aliphatic hydroxyl groups excluding tert-OH is 1. The van der Waals surface area contributed by atoms with Gasteiger partial charge in [-0.15, -0.1) is 0 Å². The van der Waals surface area contributed by atoms with Crippen LogP contribution < -0.4 is 0 Å². The van der Waals surface area contributed by atoms with E-state index in [0.717, 1.165) is 54.3 Å². The van der Waals surface area contributed by atoms with Gasteiger partial charge in [0.25, 0.3) is 0 Å². The Morgan fingerprint density at radius 2 is 1.77 bits per heavy atom. The Morgan fingerprint density at radius 1 is 1.00 bits per heavy atom. The predicted octanol–water partition coefficient (Wildman–Crippen LogP) is 8.02. The van der Waals surface area contributed by atoms with Crippen LogP contribution in [0.25, 0.3) is 0 Å². The van der Waals surface area contributed by atoms with Crippen LogP contribution in [-0.4, -0.2) is 11.2 Å². The third-order valence-corrected chi connectivity index (χ3v) is 11.3. The van der Waals surface area contributed by atoms with Crippen molar-refractivity contribution in [1.82, 2.24) is 0 Å². The molecule has 0 aromatic heterocycles. The third-order valence-electron chi connectivity index (χ3n) is 11.3. The molecule has 0 unspecified atom stereocenters. The van der Waals surface area contributed by atoms with Crippen molar-refractivity contribution < 1.29 is 5.11 Å². The van der Waals surface area contributed by atoms with Crippen molar-refractivity contribution >= 4 is 0 Å². The number of aliphatic hydroxyl groups is 1. The summed E-state index contributed by atoms with van der Waals surface area (Å²) in [5, 5.41) is 10.2. The van der Waals surface area contributed by atoms with E-state index in [1.165, 1.54) is 57.8 Å². The molecule has 4 aliphatic carbocycles. The van der Waals surface area contributed by atoms with Crippen molar-refractivity contribution in [2.45, 2.75) is 118 Å². The molecule has 0 radical (unpaired) electrons. The lowest BCUT2D eigenvalue weighted by atomic mass is 9.47. The summed E-state index contributed by atoms with van der Waals surface area (Å²) in [6.45, 7) is 15.1. The zero-order valence-electron chi connectivity index (χ0n) is 20.9. The maximum absolute atomic E-state index is 10.2. The molecule has 172 valence electrons. The smallest absolute Gasteiger partial charge is 0.0577 e. The Morgan fingerprint density at radius 3 is 2.47 bits per heavy atom. The third kappa shape index (κ3) is 3.74. The Kier molecular flexibility index (Phi) is 6.53. The van der Waals surface area contributed by atoms with Gasteiger partial charge in [-0.25, -0.2) is 0 Å². The Balaban J connectivity index is 1.47. The topological polar surface area (TPSA) is 20.2 Å². The fraction of sp³-hybridized carbons (Fsp3) is 0.931. The molecule has 1 heteroatoms. The fourth-order valence-electron chi connectivity index (χ4n) is 9.30. The molecule has 1 nitrogen and oxygen atoms in total. The van der Waals surface area contributed by atoms with Crippen LogP contribution in [0, 0.1) is 52.3 Å². The van der Waals surface area contributed by atoms with Crippen molar-refractivity contribution in [3.05, 3.63) is 11.6 Å². The van der Waals surface area contributed by atoms with E-state index in [-0.39, 0.29) is 6.10 Å². The van der Waals surface area contributed by atoms with Gasteiger partial charge >= 0.3 is 0 Å². The molecule has 3 saturated carbocycles. The van der Waals surface area contributed by atoms with Gasteiger partial charge < -0.3 is 5.11 Å². The summed E-state index contributed by atoms with van der Waals surface area (Å²) in [7, 11) is 0. The van der Waals surface area contributed by atoms with Gasteiger partial charge in [-0.05, 0) is 110 Å². The Hall–Kier alpha value is -0.300. The van der Waals surface area contributed by atoms with E-state index in [2.05, 4.69) is 47.6 Å². The van der Waals surface area contributed by atoms with Crippen LogP contribution in [-0.2, 0) is 0 Å². The second kappa shape index (κ2) is 8.57. The maximum Gasteiger partial charge on any atom is 0.0577 e. The van der Waals surface area contributed by atoms with Gasteiger partial charge in [-0.2, -0.15) is 0 Å². The van der Waals surface area contributed by atoms with Crippen molar-refractivity contribution in [2.24, 2.45) is 52.3 Å². The van der Waals surface area contributed by atoms with Crippen molar-refractivity contribution in [3.8, 4) is 0 Å². The van der Waals surface area contributed by atoms with E-state index in [9.17, 15) is 5.11 Å².